The summed E-state index contributed by atoms with van der Waals surface area (Å²) in [6.45, 7) is 10.3. The number of hydrogen-bond acceptors (Lipinski definition) is 10. The number of ether oxygens (including phenoxy) is 2. The molecule has 4 saturated carbocycles. The SMILES string of the molecule is C[C@@H]1[C@@H]2CN(C(=O)[C@H](C(C)(C)C)NC(=O)O[C@@H]3C[C@@]4(C)C[C@@H]4[C@H]3CCCCCc3nc4ccc(F)cc4nc3O2)[C@@H]1C(=O)N[C@]1(C(=O)NS(=O)(=O)C2(C)CC2)C[C@H]1C(F)F. The molecule has 5 fully saturated rings. The molecule has 4 amide bonds. The Hall–Kier alpha value is -4.22. The van der Waals surface area contributed by atoms with Crippen LogP contribution in [0, 0.1) is 40.3 Å². The van der Waals surface area contributed by atoms with E-state index < -0.39 is 98.2 Å². The lowest BCUT2D eigenvalue weighted by Crippen LogP contribution is -2.61. The van der Waals surface area contributed by atoms with Crippen molar-refractivity contribution >= 4 is 44.9 Å². The molecule has 3 heterocycles. The average molecular weight is 861 g/mol. The van der Waals surface area contributed by atoms with Gasteiger partial charge in [0.25, 0.3) is 5.91 Å². The zero-order chi connectivity index (χ0) is 43.3. The number of sulfonamides is 1. The van der Waals surface area contributed by atoms with E-state index in [2.05, 4.69) is 22.5 Å². The van der Waals surface area contributed by atoms with E-state index >= 15 is 0 Å². The van der Waals surface area contributed by atoms with Crippen LogP contribution in [0.1, 0.15) is 105 Å². The third-order valence-electron chi connectivity index (χ3n) is 14.3. The second kappa shape index (κ2) is 14.7. The second-order valence-corrected chi connectivity index (χ2v) is 22.1. The number of fused-ring (bicyclic) bond motifs is 7. The average Bonchev–Trinajstić information content (AvgIpc) is 4.11. The highest BCUT2D eigenvalue weighted by Gasteiger charge is 2.68. The molecule has 2 bridgehead atoms. The molecule has 1 aromatic heterocycles. The highest BCUT2D eigenvalue weighted by Crippen LogP contribution is 2.67. The number of carbonyl (C=O) groups is 4. The summed E-state index contributed by atoms with van der Waals surface area (Å²) < 4.78 is 82.6. The van der Waals surface area contributed by atoms with Gasteiger partial charge in [0, 0.05) is 12.0 Å². The molecule has 6 aliphatic rings. The first-order valence-electron chi connectivity index (χ1n) is 21.1. The van der Waals surface area contributed by atoms with E-state index in [9.17, 15) is 40.8 Å². The molecule has 0 radical (unpaired) electrons. The van der Waals surface area contributed by atoms with Gasteiger partial charge in [0.1, 0.15) is 41.3 Å². The lowest BCUT2D eigenvalue weighted by molar-refractivity contribution is -0.143. The van der Waals surface area contributed by atoms with Crippen molar-refractivity contribution in [1.29, 1.82) is 0 Å². The number of aryl methyl sites for hydroxylation is 1. The summed E-state index contributed by atoms with van der Waals surface area (Å²) >= 11 is 0. The maximum Gasteiger partial charge on any atom is 0.408 e. The number of alkyl halides is 2. The van der Waals surface area contributed by atoms with Gasteiger partial charge in [-0.2, -0.15) is 0 Å². The first-order chi connectivity index (χ1) is 28.1. The van der Waals surface area contributed by atoms with Crippen molar-refractivity contribution < 1.29 is 50.2 Å². The molecule has 1 aromatic carbocycles. The zero-order valence-corrected chi connectivity index (χ0v) is 35.7. The smallest absolute Gasteiger partial charge is 0.408 e. The normalized spacial score (nSPS) is 35.1. The number of amides is 4. The number of aromatic nitrogens is 2. The van der Waals surface area contributed by atoms with Crippen LogP contribution in [0.25, 0.3) is 11.0 Å². The summed E-state index contributed by atoms with van der Waals surface area (Å²) in [5.41, 5.74) is -1.93. The number of alkyl carbamates (subject to hydrolysis) is 1. The topological polar surface area (TPSA) is 186 Å². The van der Waals surface area contributed by atoms with Crippen molar-refractivity contribution in [3.63, 3.8) is 0 Å². The molecule has 328 valence electrons. The van der Waals surface area contributed by atoms with Crippen LogP contribution < -0.4 is 20.1 Å². The van der Waals surface area contributed by atoms with Crippen LogP contribution in [0.3, 0.4) is 0 Å². The van der Waals surface area contributed by atoms with Gasteiger partial charge < -0.3 is 25.0 Å². The van der Waals surface area contributed by atoms with Gasteiger partial charge in [-0.1, -0.05) is 47.5 Å². The van der Waals surface area contributed by atoms with Crippen LogP contribution in [0.5, 0.6) is 5.88 Å². The zero-order valence-electron chi connectivity index (χ0n) is 34.9. The number of nitrogens with one attached hydrogen (secondary N) is 3. The van der Waals surface area contributed by atoms with Gasteiger partial charge in [-0.15, -0.1) is 0 Å². The van der Waals surface area contributed by atoms with Gasteiger partial charge in [-0.25, -0.2) is 36.4 Å². The fourth-order valence-corrected chi connectivity index (χ4v) is 11.3. The minimum absolute atomic E-state index is 0.0838. The third kappa shape index (κ3) is 7.67. The summed E-state index contributed by atoms with van der Waals surface area (Å²) in [5, 5.41) is 5.27. The van der Waals surface area contributed by atoms with Crippen LogP contribution >= 0.6 is 0 Å². The predicted molar refractivity (Wildman–Crippen MR) is 211 cm³/mol. The Morgan fingerprint density at radius 1 is 1.00 bits per heavy atom. The van der Waals surface area contributed by atoms with E-state index in [1.54, 1.807) is 27.7 Å². The molecular weight excluding hydrogens is 806 g/mol. The van der Waals surface area contributed by atoms with Gasteiger partial charge in [0.15, 0.2) is 0 Å². The predicted octanol–water partition coefficient (Wildman–Crippen LogP) is 5.17. The molecule has 8 rings (SSSR count). The van der Waals surface area contributed by atoms with Crippen molar-refractivity contribution in [1.82, 2.24) is 30.2 Å². The fourth-order valence-electron chi connectivity index (χ4n) is 9.98. The van der Waals surface area contributed by atoms with Gasteiger partial charge >= 0.3 is 6.09 Å². The number of nitrogens with zero attached hydrogens (tertiary/aromatic N) is 3. The first kappa shape index (κ1) is 42.5. The van der Waals surface area contributed by atoms with E-state index in [4.69, 9.17) is 14.5 Å². The lowest BCUT2D eigenvalue weighted by Gasteiger charge is -2.36. The van der Waals surface area contributed by atoms with Crippen molar-refractivity contribution in [3.05, 3.63) is 29.7 Å². The summed E-state index contributed by atoms with van der Waals surface area (Å²) in [7, 11) is -4.26. The number of rotatable bonds is 6. The summed E-state index contributed by atoms with van der Waals surface area (Å²) in [6.07, 6.45) is 0.379. The van der Waals surface area contributed by atoms with Crippen molar-refractivity contribution in [3.8, 4) is 5.88 Å². The first-order valence-corrected chi connectivity index (χ1v) is 22.6. The molecule has 2 aliphatic heterocycles. The van der Waals surface area contributed by atoms with Gasteiger partial charge in [-0.05, 0) is 93.1 Å². The molecule has 4 aliphatic carbocycles. The molecule has 10 atom stereocenters. The number of carbonyl (C=O) groups excluding carboxylic acids is 4. The molecular formula is C42H55F3N6O8S. The molecule has 3 N–H and O–H groups in total. The van der Waals surface area contributed by atoms with Gasteiger partial charge in [0.2, 0.25) is 34.1 Å². The van der Waals surface area contributed by atoms with Gasteiger partial charge in [-0.3, -0.25) is 19.1 Å². The fraction of sp³-hybridized carbons (Fsp3) is 0.714. The Balaban J connectivity index is 1.15. The number of benzene rings is 1. The molecule has 18 heteroatoms. The minimum Gasteiger partial charge on any atom is -0.471 e. The van der Waals surface area contributed by atoms with Crippen molar-refractivity contribution in [2.24, 2.45) is 34.5 Å². The highest BCUT2D eigenvalue weighted by molar-refractivity contribution is 7.91. The second-order valence-electron chi connectivity index (χ2n) is 19.9. The molecule has 2 aromatic rings. The van der Waals surface area contributed by atoms with Crippen LogP contribution in [0.15, 0.2) is 18.2 Å². The third-order valence-corrected chi connectivity index (χ3v) is 16.5. The summed E-state index contributed by atoms with van der Waals surface area (Å²) in [4.78, 5) is 67.6. The molecule has 1 saturated heterocycles. The van der Waals surface area contributed by atoms with Gasteiger partial charge in [0.05, 0.1) is 28.2 Å². The quantitative estimate of drug-likeness (QED) is 0.350. The Labute approximate surface area is 347 Å². The van der Waals surface area contributed by atoms with Crippen molar-refractivity contribution in [2.45, 2.75) is 147 Å². The lowest BCUT2D eigenvalue weighted by atomic mass is 9.85. The Morgan fingerprint density at radius 3 is 2.40 bits per heavy atom. The molecule has 0 spiro atoms. The summed E-state index contributed by atoms with van der Waals surface area (Å²) in [6, 6.07) is 1.36. The minimum atomic E-state index is -4.26. The summed E-state index contributed by atoms with van der Waals surface area (Å²) in [5.74, 6) is -5.39. The van der Waals surface area contributed by atoms with E-state index in [-0.39, 0.29) is 48.2 Å². The van der Waals surface area contributed by atoms with E-state index in [0.717, 1.165) is 25.7 Å². The molecule has 0 unspecified atom stereocenters. The van der Waals surface area contributed by atoms with E-state index in [1.807, 2.05) is 4.72 Å². The monoisotopic (exact) mass is 860 g/mol. The van der Waals surface area contributed by atoms with Crippen LogP contribution in [0.4, 0.5) is 18.0 Å². The largest absolute Gasteiger partial charge is 0.471 e. The number of halogens is 3. The Bertz CT molecular complexity index is 2220. The Kier molecular flexibility index (Phi) is 10.4. The number of hydrogen-bond donors (Lipinski definition) is 3. The molecule has 14 nitrogen and oxygen atoms in total. The molecule has 60 heavy (non-hydrogen) atoms. The maximum absolute atomic E-state index is 14.9. The van der Waals surface area contributed by atoms with Crippen LogP contribution in [0.2, 0.25) is 0 Å². The van der Waals surface area contributed by atoms with Crippen molar-refractivity contribution in [2.75, 3.05) is 6.54 Å². The highest BCUT2D eigenvalue weighted by atomic mass is 32.2. The van der Waals surface area contributed by atoms with E-state index in [1.165, 1.54) is 30.0 Å². The van der Waals surface area contributed by atoms with Crippen LogP contribution in [-0.2, 0) is 35.6 Å². The van der Waals surface area contributed by atoms with E-state index in [0.29, 0.717) is 36.4 Å². The Morgan fingerprint density at radius 2 is 1.73 bits per heavy atom. The maximum atomic E-state index is 14.9. The van der Waals surface area contributed by atoms with Crippen LogP contribution in [-0.4, -0.2) is 94.6 Å². The standard InChI is InChI=1S/C42H55F3N6O8S/c1-21-30-20-51(31(21)34(52)49-42(18-25(42)33(44)45)37(54)50-60(56,57)41(6)14-15-41)36(53)32(39(2,3)4)48-38(55)59-29-19-40(5)17-24(40)23(29)10-8-7-9-11-27-35(58-30)47-28-16-22(43)12-13-26(28)46-27/h12-13,16,21,23-25,29-33H,7-11,14-15,17-20H2,1-6H3,(H,48,55)(H,49,52)(H,50,54)/t21-,23-,24-,25+,29-,30+,31+,32-,40-,42-/m1/s1.